The number of fused-ring (bicyclic) bond motifs is 10. The van der Waals surface area contributed by atoms with E-state index in [2.05, 4.69) is 158 Å². The molecule has 0 amide bonds. The molecule has 3 aliphatic rings. The van der Waals surface area contributed by atoms with Gasteiger partial charge in [-0.25, -0.2) is 0 Å². The molecule has 0 bridgehead atoms. The van der Waals surface area contributed by atoms with Gasteiger partial charge in [-0.15, -0.1) is 0 Å². The van der Waals surface area contributed by atoms with E-state index < -0.39 is 0 Å². The zero-order chi connectivity index (χ0) is 35.3. The minimum absolute atomic E-state index is 0.160. The number of furan rings is 1. The summed E-state index contributed by atoms with van der Waals surface area (Å²) in [5, 5.41) is 12.5. The van der Waals surface area contributed by atoms with Gasteiger partial charge >= 0.3 is 0 Å². The largest absolute Gasteiger partial charge is 0.461 e. The Labute approximate surface area is 312 Å². The summed E-state index contributed by atoms with van der Waals surface area (Å²) in [7, 11) is 0. The number of benzene rings is 8. The SMILES string of the molecule is C1=CC(c2ccc3ccccc3c2)CC(c2c3ccccc3c(C3=CC=C4Oc5cc6cc7oc8ccccc8c7cc6cc5C4C3)c3ccccc23)=C1. The quantitative estimate of drug-likeness (QED) is 0.172. The Hall–Kier alpha value is -6.64. The van der Waals surface area contributed by atoms with Crippen LogP contribution in [0.4, 0.5) is 0 Å². The van der Waals surface area contributed by atoms with Gasteiger partial charge in [0, 0.05) is 28.2 Å². The second-order valence-electron chi connectivity index (χ2n) is 15.1. The predicted molar refractivity (Wildman–Crippen MR) is 225 cm³/mol. The first kappa shape index (κ1) is 29.9. The molecule has 0 fully saturated rings. The van der Waals surface area contributed by atoms with Crippen LogP contribution in [0.3, 0.4) is 0 Å². The van der Waals surface area contributed by atoms with Gasteiger partial charge in [0.15, 0.2) is 0 Å². The Morgan fingerprint density at radius 2 is 1.13 bits per heavy atom. The Morgan fingerprint density at radius 1 is 0.463 bits per heavy atom. The van der Waals surface area contributed by atoms with Crippen molar-refractivity contribution in [2.24, 2.45) is 0 Å². The van der Waals surface area contributed by atoms with Crippen molar-refractivity contribution < 1.29 is 9.15 Å². The van der Waals surface area contributed by atoms with E-state index in [1.165, 1.54) is 71.1 Å². The molecule has 0 spiro atoms. The standard InChI is InChI=1S/C52H34O2/c1-2-11-32-24-34(21-20-31(32)10-1)33-12-9-13-35(25-33)51-40-15-3-5-17-42(40)52(43-18-6-4-16-41(43)51)36-22-23-48-45(26-36)46-28-37-27-44-39-14-7-8-19-47(39)53-49(44)29-38(37)30-50(46)54-48/h1-24,27-30,33,45H,25-26H2. The molecule has 0 saturated carbocycles. The highest BCUT2D eigenvalue weighted by molar-refractivity contribution is 6.16. The van der Waals surface area contributed by atoms with Crippen molar-refractivity contribution >= 4 is 76.2 Å². The lowest BCUT2D eigenvalue weighted by Gasteiger charge is -2.25. The van der Waals surface area contributed by atoms with Gasteiger partial charge in [0.1, 0.15) is 22.7 Å². The van der Waals surface area contributed by atoms with E-state index >= 15 is 0 Å². The summed E-state index contributed by atoms with van der Waals surface area (Å²) in [5.74, 6) is 2.46. The number of hydrogen-bond donors (Lipinski definition) is 0. The molecule has 0 radical (unpaired) electrons. The fourth-order valence-electron chi connectivity index (χ4n) is 9.60. The van der Waals surface area contributed by atoms with Crippen LogP contribution in [0.15, 0.2) is 180 Å². The molecular weight excluding hydrogens is 657 g/mol. The van der Waals surface area contributed by atoms with E-state index in [-0.39, 0.29) is 5.92 Å². The smallest absolute Gasteiger partial charge is 0.136 e. The van der Waals surface area contributed by atoms with Crippen molar-refractivity contribution in [3.05, 3.63) is 198 Å². The summed E-state index contributed by atoms with van der Waals surface area (Å²) < 4.78 is 12.8. The summed E-state index contributed by atoms with van der Waals surface area (Å²) in [6.07, 6.45) is 13.3. The molecule has 1 aromatic heterocycles. The minimum Gasteiger partial charge on any atom is -0.461 e. The lowest BCUT2D eigenvalue weighted by Crippen LogP contribution is -2.06. The van der Waals surface area contributed by atoms with Gasteiger partial charge in [0.25, 0.3) is 0 Å². The molecule has 2 unspecified atom stereocenters. The average molecular weight is 691 g/mol. The van der Waals surface area contributed by atoms with Gasteiger partial charge in [-0.3, -0.25) is 0 Å². The zero-order valence-electron chi connectivity index (χ0n) is 29.6. The molecule has 9 aromatic rings. The van der Waals surface area contributed by atoms with E-state index in [1.54, 1.807) is 0 Å². The molecule has 2 aliphatic carbocycles. The van der Waals surface area contributed by atoms with Crippen LogP contribution in [0.5, 0.6) is 5.75 Å². The second kappa shape index (κ2) is 11.4. The maximum absolute atomic E-state index is 6.59. The number of rotatable bonds is 3. The summed E-state index contributed by atoms with van der Waals surface area (Å²) in [6, 6.07) is 51.0. The first-order valence-electron chi connectivity index (χ1n) is 19.0. The van der Waals surface area contributed by atoms with E-state index in [9.17, 15) is 0 Å². The Morgan fingerprint density at radius 3 is 1.91 bits per heavy atom. The normalized spacial score (nSPS) is 17.9. The van der Waals surface area contributed by atoms with Gasteiger partial charge in [-0.1, -0.05) is 133 Å². The average Bonchev–Trinajstić information content (AvgIpc) is 3.77. The molecule has 0 saturated heterocycles. The van der Waals surface area contributed by atoms with Crippen molar-refractivity contribution in [3.8, 4) is 5.75 Å². The summed E-state index contributed by atoms with van der Waals surface area (Å²) >= 11 is 0. The van der Waals surface area contributed by atoms with Gasteiger partial charge in [-0.2, -0.15) is 0 Å². The van der Waals surface area contributed by atoms with Crippen molar-refractivity contribution in [1.29, 1.82) is 0 Å². The maximum atomic E-state index is 6.59. The molecule has 12 rings (SSSR count). The summed E-state index contributed by atoms with van der Waals surface area (Å²) in [5.41, 5.74) is 9.88. The van der Waals surface area contributed by atoms with Gasteiger partial charge < -0.3 is 9.15 Å². The lowest BCUT2D eigenvalue weighted by atomic mass is 9.78. The molecule has 0 N–H and O–H groups in total. The second-order valence-corrected chi connectivity index (χ2v) is 15.1. The fourth-order valence-corrected chi connectivity index (χ4v) is 9.60. The highest BCUT2D eigenvalue weighted by atomic mass is 16.5. The van der Waals surface area contributed by atoms with E-state index in [0.717, 1.165) is 51.7 Å². The van der Waals surface area contributed by atoms with E-state index in [1.807, 2.05) is 12.1 Å². The zero-order valence-corrected chi connectivity index (χ0v) is 29.6. The monoisotopic (exact) mass is 690 g/mol. The number of ether oxygens (including phenoxy) is 1. The molecular formula is C52H34O2. The maximum Gasteiger partial charge on any atom is 0.136 e. The Kier molecular flexibility index (Phi) is 6.32. The number of para-hydroxylation sites is 1. The van der Waals surface area contributed by atoms with E-state index in [4.69, 9.17) is 9.15 Å². The molecule has 2 heterocycles. The molecule has 2 atom stereocenters. The fraction of sp³-hybridized carbons (Fsp3) is 0.0769. The van der Waals surface area contributed by atoms with Crippen molar-refractivity contribution in [2.75, 3.05) is 0 Å². The van der Waals surface area contributed by atoms with Crippen LogP contribution in [0.1, 0.15) is 46.9 Å². The van der Waals surface area contributed by atoms with Crippen LogP contribution in [0.25, 0.3) is 76.2 Å². The van der Waals surface area contributed by atoms with Crippen LogP contribution in [0.2, 0.25) is 0 Å². The molecule has 2 nitrogen and oxygen atoms in total. The van der Waals surface area contributed by atoms with Crippen LogP contribution in [0, 0.1) is 0 Å². The highest BCUT2D eigenvalue weighted by Crippen LogP contribution is 2.52. The van der Waals surface area contributed by atoms with Crippen LogP contribution >= 0.6 is 0 Å². The number of allylic oxidation sites excluding steroid dienone is 8. The lowest BCUT2D eigenvalue weighted by molar-refractivity contribution is 0.427. The topological polar surface area (TPSA) is 22.4 Å². The third-order valence-corrected chi connectivity index (χ3v) is 12.1. The third kappa shape index (κ3) is 4.47. The minimum atomic E-state index is 0.160. The van der Waals surface area contributed by atoms with Crippen LogP contribution in [-0.2, 0) is 0 Å². The Bertz CT molecular complexity index is 3140. The van der Waals surface area contributed by atoms with Gasteiger partial charge in [-0.05, 0) is 120 Å². The first-order valence-corrected chi connectivity index (χ1v) is 19.0. The summed E-state index contributed by atoms with van der Waals surface area (Å²) in [4.78, 5) is 0. The molecule has 2 heteroatoms. The molecule has 1 aliphatic heterocycles. The molecule has 54 heavy (non-hydrogen) atoms. The van der Waals surface area contributed by atoms with Gasteiger partial charge in [0.05, 0.1) is 0 Å². The Balaban J connectivity index is 0.956. The predicted octanol–water partition coefficient (Wildman–Crippen LogP) is 14.2. The van der Waals surface area contributed by atoms with Crippen molar-refractivity contribution in [3.63, 3.8) is 0 Å². The summed E-state index contributed by atoms with van der Waals surface area (Å²) in [6.45, 7) is 0. The van der Waals surface area contributed by atoms with Crippen molar-refractivity contribution in [2.45, 2.75) is 24.7 Å². The third-order valence-electron chi connectivity index (χ3n) is 12.1. The van der Waals surface area contributed by atoms with Crippen LogP contribution in [-0.4, -0.2) is 0 Å². The van der Waals surface area contributed by atoms with Gasteiger partial charge in [0.2, 0.25) is 0 Å². The highest BCUT2D eigenvalue weighted by Gasteiger charge is 2.34. The van der Waals surface area contributed by atoms with Crippen molar-refractivity contribution in [1.82, 2.24) is 0 Å². The molecule has 254 valence electrons. The van der Waals surface area contributed by atoms with Crippen LogP contribution < -0.4 is 4.74 Å². The van der Waals surface area contributed by atoms with E-state index in [0.29, 0.717) is 5.92 Å². The first-order chi connectivity index (χ1) is 26.7. The number of hydrogen-bond acceptors (Lipinski definition) is 2. The molecule has 8 aromatic carbocycles.